The fourth-order valence-electron chi connectivity index (χ4n) is 2.86. The molecule has 0 aromatic heterocycles. The molecule has 0 radical (unpaired) electrons. The van der Waals surface area contributed by atoms with Crippen LogP contribution in [0.15, 0.2) is 17.4 Å². The number of nitrogens with one attached hydrogen (secondary N) is 1. The van der Waals surface area contributed by atoms with Crippen LogP contribution in [0.2, 0.25) is 0 Å². The Labute approximate surface area is 104 Å². The van der Waals surface area contributed by atoms with E-state index in [4.69, 9.17) is 0 Å². The topological polar surface area (TPSA) is 30.9 Å². The fourth-order valence-corrected chi connectivity index (χ4v) is 2.86. The van der Waals surface area contributed by atoms with Gasteiger partial charge in [-0.3, -0.25) is 9.91 Å². The molecule has 17 heavy (non-hydrogen) atoms. The van der Waals surface area contributed by atoms with E-state index in [1.165, 1.54) is 6.42 Å². The molecule has 2 heterocycles. The summed E-state index contributed by atoms with van der Waals surface area (Å²) in [6, 6.07) is 0.550. The molecule has 2 fully saturated rings. The first-order valence-electron chi connectivity index (χ1n) is 6.43. The van der Waals surface area contributed by atoms with Gasteiger partial charge in [0.1, 0.15) is 0 Å². The van der Waals surface area contributed by atoms with Gasteiger partial charge in [-0.25, -0.2) is 0 Å². The molecule has 0 bridgehead atoms. The van der Waals surface area contributed by atoms with Crippen molar-refractivity contribution < 1.29 is 0 Å². The van der Waals surface area contributed by atoms with Gasteiger partial charge in [0.25, 0.3) is 0 Å². The number of rotatable bonds is 2. The Kier molecular flexibility index (Phi) is 3.54. The monoisotopic (exact) mass is 236 g/mol. The summed E-state index contributed by atoms with van der Waals surface area (Å²) in [5.74, 6) is 0. The highest BCUT2D eigenvalue weighted by molar-refractivity contribution is 5.24. The Hall–Kier alpha value is -0.870. The Balaban J connectivity index is 2.22. The standard InChI is InChI=1S/C13H24N4/c1-11(2)16-7-12(3)17(14-4)10-13(9-16)5-6-15-8-13/h11,15H,3-10H2,1-2H3. The lowest BCUT2D eigenvalue weighted by atomic mass is 9.86. The van der Waals surface area contributed by atoms with Gasteiger partial charge in [0, 0.05) is 50.1 Å². The maximum Gasteiger partial charge on any atom is 0.0493 e. The smallest absolute Gasteiger partial charge is 0.0493 e. The highest BCUT2D eigenvalue weighted by Gasteiger charge is 2.40. The van der Waals surface area contributed by atoms with E-state index in [1.54, 1.807) is 0 Å². The van der Waals surface area contributed by atoms with Crippen molar-refractivity contribution in [3.63, 3.8) is 0 Å². The van der Waals surface area contributed by atoms with Crippen LogP contribution < -0.4 is 5.32 Å². The molecular formula is C13H24N4. The third-order valence-electron chi connectivity index (χ3n) is 4.01. The van der Waals surface area contributed by atoms with Crippen molar-refractivity contribution in [1.82, 2.24) is 15.2 Å². The maximum absolute atomic E-state index is 4.14. The summed E-state index contributed by atoms with van der Waals surface area (Å²) < 4.78 is 0. The lowest BCUT2D eigenvalue weighted by Gasteiger charge is -2.34. The van der Waals surface area contributed by atoms with E-state index >= 15 is 0 Å². The van der Waals surface area contributed by atoms with Gasteiger partial charge in [0.15, 0.2) is 0 Å². The molecule has 96 valence electrons. The van der Waals surface area contributed by atoms with Crippen molar-refractivity contribution in [2.24, 2.45) is 10.5 Å². The molecule has 0 aliphatic carbocycles. The number of hydrazone groups is 1. The van der Waals surface area contributed by atoms with Crippen LogP contribution in [0.4, 0.5) is 0 Å². The fraction of sp³-hybridized carbons (Fsp3) is 0.769. The Morgan fingerprint density at radius 1 is 1.41 bits per heavy atom. The molecule has 4 nitrogen and oxygen atoms in total. The molecule has 4 heteroatoms. The lowest BCUT2D eigenvalue weighted by Crippen LogP contribution is -2.43. The van der Waals surface area contributed by atoms with E-state index in [0.717, 1.165) is 38.4 Å². The van der Waals surface area contributed by atoms with Crippen molar-refractivity contribution in [2.75, 3.05) is 32.7 Å². The molecule has 1 unspecified atom stereocenters. The first-order valence-corrected chi connectivity index (χ1v) is 6.43. The number of hydrogen-bond acceptors (Lipinski definition) is 4. The molecule has 0 aromatic rings. The zero-order chi connectivity index (χ0) is 12.5. The molecule has 2 aliphatic heterocycles. The van der Waals surface area contributed by atoms with E-state index < -0.39 is 0 Å². The SMILES string of the molecule is C=NN1CC2(CCNC2)CN(C(C)C)CC1=C. The average Bonchev–Trinajstić information content (AvgIpc) is 2.67. The van der Waals surface area contributed by atoms with Crippen molar-refractivity contribution in [2.45, 2.75) is 26.3 Å². The Morgan fingerprint density at radius 2 is 2.18 bits per heavy atom. The number of hydrogen-bond donors (Lipinski definition) is 1. The van der Waals surface area contributed by atoms with E-state index in [2.05, 4.69) is 42.5 Å². The summed E-state index contributed by atoms with van der Waals surface area (Å²) >= 11 is 0. The Bertz CT molecular complexity index is 305. The Morgan fingerprint density at radius 3 is 2.71 bits per heavy atom. The minimum absolute atomic E-state index is 0.310. The largest absolute Gasteiger partial charge is 0.316 e. The zero-order valence-corrected chi connectivity index (χ0v) is 11.1. The predicted octanol–water partition coefficient (Wildman–Crippen LogP) is 1.12. The van der Waals surface area contributed by atoms with E-state index in [9.17, 15) is 0 Å². The normalized spacial score (nSPS) is 31.2. The summed E-state index contributed by atoms with van der Waals surface area (Å²) in [5, 5.41) is 9.61. The quantitative estimate of drug-likeness (QED) is 0.729. The van der Waals surface area contributed by atoms with Gasteiger partial charge in [0.05, 0.1) is 0 Å². The number of nitrogens with zero attached hydrogens (tertiary/aromatic N) is 3. The first kappa shape index (κ1) is 12.6. The van der Waals surface area contributed by atoms with Gasteiger partial charge in [-0.2, -0.15) is 5.10 Å². The average molecular weight is 236 g/mol. The highest BCUT2D eigenvalue weighted by atomic mass is 15.5. The van der Waals surface area contributed by atoms with Gasteiger partial charge in [0.2, 0.25) is 0 Å². The minimum Gasteiger partial charge on any atom is -0.316 e. The van der Waals surface area contributed by atoms with Gasteiger partial charge >= 0.3 is 0 Å². The van der Waals surface area contributed by atoms with Crippen molar-refractivity contribution >= 4 is 6.72 Å². The minimum atomic E-state index is 0.310. The van der Waals surface area contributed by atoms with E-state index in [1.807, 2.05) is 5.01 Å². The molecule has 2 aliphatic rings. The second kappa shape index (κ2) is 4.78. The molecular weight excluding hydrogens is 212 g/mol. The van der Waals surface area contributed by atoms with Crippen LogP contribution in [0.5, 0.6) is 0 Å². The maximum atomic E-state index is 4.14. The summed E-state index contributed by atoms with van der Waals surface area (Å²) in [5.41, 5.74) is 1.38. The van der Waals surface area contributed by atoms with E-state index in [-0.39, 0.29) is 0 Å². The third-order valence-corrected chi connectivity index (χ3v) is 4.01. The van der Waals surface area contributed by atoms with Gasteiger partial charge in [-0.15, -0.1) is 0 Å². The molecule has 2 rings (SSSR count). The van der Waals surface area contributed by atoms with Crippen LogP contribution >= 0.6 is 0 Å². The van der Waals surface area contributed by atoms with Crippen LogP contribution in [0.1, 0.15) is 20.3 Å². The molecule has 1 spiro atoms. The zero-order valence-electron chi connectivity index (χ0n) is 11.1. The van der Waals surface area contributed by atoms with Crippen LogP contribution in [0, 0.1) is 5.41 Å². The summed E-state index contributed by atoms with van der Waals surface area (Å²) in [4.78, 5) is 2.50. The van der Waals surface area contributed by atoms with Crippen molar-refractivity contribution in [1.29, 1.82) is 0 Å². The molecule has 0 saturated carbocycles. The van der Waals surface area contributed by atoms with Gasteiger partial charge in [-0.1, -0.05) is 6.58 Å². The van der Waals surface area contributed by atoms with Gasteiger partial charge in [-0.05, 0) is 26.8 Å². The molecule has 1 atom stereocenters. The highest BCUT2D eigenvalue weighted by Crippen LogP contribution is 2.32. The summed E-state index contributed by atoms with van der Waals surface area (Å²) in [6.07, 6.45) is 1.22. The third kappa shape index (κ3) is 2.53. The molecule has 2 saturated heterocycles. The van der Waals surface area contributed by atoms with Crippen LogP contribution in [0.3, 0.4) is 0 Å². The predicted molar refractivity (Wildman–Crippen MR) is 72.0 cm³/mol. The molecule has 0 amide bonds. The second-order valence-electron chi connectivity index (χ2n) is 5.69. The lowest BCUT2D eigenvalue weighted by molar-refractivity contribution is 0.148. The van der Waals surface area contributed by atoms with Crippen LogP contribution in [-0.2, 0) is 0 Å². The first-order chi connectivity index (χ1) is 8.06. The molecule has 0 aromatic carbocycles. The van der Waals surface area contributed by atoms with Crippen LogP contribution in [-0.4, -0.2) is 55.4 Å². The van der Waals surface area contributed by atoms with Crippen molar-refractivity contribution in [3.8, 4) is 0 Å². The second-order valence-corrected chi connectivity index (χ2v) is 5.69. The summed E-state index contributed by atoms with van der Waals surface area (Å²) in [7, 11) is 0. The molecule has 1 N–H and O–H groups in total. The van der Waals surface area contributed by atoms with Gasteiger partial charge < -0.3 is 5.32 Å². The van der Waals surface area contributed by atoms with Crippen molar-refractivity contribution in [3.05, 3.63) is 12.3 Å². The van der Waals surface area contributed by atoms with Crippen LogP contribution in [0.25, 0.3) is 0 Å². The van der Waals surface area contributed by atoms with E-state index in [0.29, 0.717) is 11.5 Å². The summed E-state index contributed by atoms with van der Waals surface area (Å²) in [6.45, 7) is 17.5.